The van der Waals surface area contributed by atoms with Gasteiger partial charge < -0.3 is 5.32 Å². The van der Waals surface area contributed by atoms with Gasteiger partial charge in [-0.2, -0.15) is 9.61 Å². The number of amides is 1. The third kappa shape index (κ3) is 3.72. The molecule has 0 saturated carbocycles. The fourth-order valence-corrected chi connectivity index (χ4v) is 4.12. The van der Waals surface area contributed by atoms with Gasteiger partial charge in [-0.1, -0.05) is 24.3 Å². The molecule has 4 aromatic rings. The van der Waals surface area contributed by atoms with E-state index < -0.39 is 0 Å². The SMILES string of the molecule is CCc1nnc2sc(-c3ccc(NC(=S)NC(=O)c4cccs4)cc3)nn12. The Labute approximate surface area is 168 Å². The molecule has 0 saturated heterocycles. The lowest BCUT2D eigenvalue weighted by Gasteiger charge is -2.09. The average Bonchev–Trinajstić information content (AvgIpc) is 3.39. The maximum absolute atomic E-state index is 12.0. The molecule has 3 heterocycles. The quantitative estimate of drug-likeness (QED) is 0.497. The maximum Gasteiger partial charge on any atom is 0.267 e. The molecule has 0 aliphatic rings. The van der Waals surface area contributed by atoms with Crippen molar-refractivity contribution in [1.82, 2.24) is 25.1 Å². The molecule has 0 atom stereocenters. The Bertz CT molecular complexity index is 1100. The number of anilines is 1. The zero-order valence-corrected chi connectivity index (χ0v) is 16.6. The van der Waals surface area contributed by atoms with E-state index in [1.165, 1.54) is 22.7 Å². The van der Waals surface area contributed by atoms with Crippen LogP contribution < -0.4 is 10.6 Å². The number of hydrogen-bond acceptors (Lipinski definition) is 7. The first-order chi connectivity index (χ1) is 13.1. The van der Waals surface area contributed by atoms with Crippen molar-refractivity contribution >= 4 is 56.6 Å². The number of benzene rings is 1. The van der Waals surface area contributed by atoms with Crippen LogP contribution in [0.3, 0.4) is 0 Å². The van der Waals surface area contributed by atoms with E-state index in [1.807, 2.05) is 42.6 Å². The zero-order chi connectivity index (χ0) is 18.8. The number of thiophene rings is 1. The number of hydrogen-bond donors (Lipinski definition) is 2. The number of carbonyl (C=O) groups excluding carboxylic acids is 1. The van der Waals surface area contributed by atoms with Crippen LogP contribution in [0.25, 0.3) is 15.5 Å². The molecule has 1 aromatic carbocycles. The monoisotopic (exact) mass is 414 g/mol. The molecule has 4 rings (SSSR count). The van der Waals surface area contributed by atoms with Crippen LogP contribution in [0.15, 0.2) is 41.8 Å². The molecule has 27 heavy (non-hydrogen) atoms. The van der Waals surface area contributed by atoms with E-state index in [4.69, 9.17) is 12.2 Å². The molecule has 0 fully saturated rings. The summed E-state index contributed by atoms with van der Waals surface area (Å²) in [5.74, 6) is 0.628. The predicted octanol–water partition coefficient (Wildman–Crippen LogP) is 3.60. The van der Waals surface area contributed by atoms with E-state index in [1.54, 1.807) is 10.6 Å². The van der Waals surface area contributed by atoms with Gasteiger partial charge in [0.1, 0.15) is 5.01 Å². The van der Waals surface area contributed by atoms with E-state index >= 15 is 0 Å². The van der Waals surface area contributed by atoms with Gasteiger partial charge in [-0.3, -0.25) is 10.1 Å². The summed E-state index contributed by atoms with van der Waals surface area (Å²) in [4.78, 5) is 13.4. The highest BCUT2D eigenvalue weighted by Gasteiger charge is 2.12. The Morgan fingerprint density at radius 3 is 2.74 bits per heavy atom. The second-order valence-corrected chi connectivity index (χ2v) is 7.85. The highest BCUT2D eigenvalue weighted by molar-refractivity contribution is 7.80. The van der Waals surface area contributed by atoms with Gasteiger partial charge in [0.25, 0.3) is 5.91 Å². The van der Waals surface area contributed by atoms with Crippen LogP contribution in [-0.2, 0) is 6.42 Å². The average molecular weight is 415 g/mol. The van der Waals surface area contributed by atoms with Crippen LogP contribution >= 0.6 is 34.9 Å². The Morgan fingerprint density at radius 2 is 2.04 bits per heavy atom. The third-order valence-corrected chi connectivity index (χ3v) is 5.75. The lowest BCUT2D eigenvalue weighted by Crippen LogP contribution is -2.33. The van der Waals surface area contributed by atoms with Gasteiger partial charge in [-0.15, -0.1) is 21.5 Å². The first-order valence-electron chi connectivity index (χ1n) is 8.11. The van der Waals surface area contributed by atoms with Crippen LogP contribution in [0.1, 0.15) is 22.4 Å². The molecule has 0 bridgehead atoms. The number of fused-ring (bicyclic) bond motifs is 1. The van der Waals surface area contributed by atoms with E-state index in [0.717, 1.165) is 33.5 Å². The number of aryl methyl sites for hydroxylation is 1. The lowest BCUT2D eigenvalue weighted by atomic mass is 10.2. The van der Waals surface area contributed by atoms with E-state index in [9.17, 15) is 4.79 Å². The van der Waals surface area contributed by atoms with Gasteiger partial charge in [-0.05, 0) is 47.9 Å². The Morgan fingerprint density at radius 1 is 1.22 bits per heavy atom. The summed E-state index contributed by atoms with van der Waals surface area (Å²) in [5, 5.41) is 21.5. The first kappa shape index (κ1) is 17.7. The summed E-state index contributed by atoms with van der Waals surface area (Å²) in [5.41, 5.74) is 1.76. The van der Waals surface area contributed by atoms with Crippen molar-refractivity contribution in [2.45, 2.75) is 13.3 Å². The number of nitrogens with one attached hydrogen (secondary N) is 2. The minimum atomic E-state index is -0.217. The van der Waals surface area contributed by atoms with Crippen molar-refractivity contribution in [3.05, 3.63) is 52.5 Å². The van der Waals surface area contributed by atoms with E-state index in [0.29, 0.717) is 4.88 Å². The molecular weight excluding hydrogens is 400 g/mol. The number of aromatic nitrogens is 4. The van der Waals surface area contributed by atoms with Gasteiger partial charge in [0.2, 0.25) is 4.96 Å². The Kier molecular flexibility index (Phi) is 4.92. The van der Waals surface area contributed by atoms with Crippen LogP contribution in [0.5, 0.6) is 0 Å². The van der Waals surface area contributed by atoms with Crippen LogP contribution in [0.4, 0.5) is 5.69 Å². The van der Waals surface area contributed by atoms with Crippen molar-refractivity contribution in [2.75, 3.05) is 5.32 Å². The van der Waals surface area contributed by atoms with E-state index in [2.05, 4.69) is 25.9 Å². The maximum atomic E-state index is 12.0. The third-order valence-electron chi connectivity index (χ3n) is 3.73. The van der Waals surface area contributed by atoms with Crippen LogP contribution in [-0.4, -0.2) is 30.8 Å². The molecule has 1 amide bonds. The van der Waals surface area contributed by atoms with Gasteiger partial charge in [0, 0.05) is 17.7 Å². The normalized spacial score (nSPS) is 10.9. The molecule has 0 unspecified atom stereocenters. The van der Waals surface area contributed by atoms with Gasteiger partial charge in [-0.25, -0.2) is 0 Å². The number of nitrogens with zero attached hydrogens (tertiary/aromatic N) is 4. The second kappa shape index (κ2) is 7.51. The summed E-state index contributed by atoms with van der Waals surface area (Å²) in [6.45, 7) is 2.02. The number of carbonyl (C=O) groups is 1. The molecule has 136 valence electrons. The summed E-state index contributed by atoms with van der Waals surface area (Å²) in [6, 6.07) is 11.3. The molecule has 0 aliphatic carbocycles. The first-order valence-corrected chi connectivity index (χ1v) is 10.2. The van der Waals surface area contributed by atoms with Crippen molar-refractivity contribution in [2.24, 2.45) is 0 Å². The van der Waals surface area contributed by atoms with E-state index in [-0.39, 0.29) is 11.0 Å². The zero-order valence-electron chi connectivity index (χ0n) is 14.2. The van der Waals surface area contributed by atoms with Crippen molar-refractivity contribution in [3.63, 3.8) is 0 Å². The molecular formula is C17H14N6OS3. The standard InChI is InChI=1S/C17H14N6OS3/c1-2-13-20-21-17-23(13)22-15(27-17)10-5-7-11(8-6-10)18-16(25)19-14(24)12-4-3-9-26-12/h3-9H,2H2,1H3,(H2,18,19,24,25). The highest BCUT2D eigenvalue weighted by Crippen LogP contribution is 2.26. The fourth-order valence-electron chi connectivity index (χ4n) is 2.43. The molecule has 10 heteroatoms. The molecule has 0 aliphatic heterocycles. The molecule has 0 spiro atoms. The molecule has 7 nitrogen and oxygen atoms in total. The summed E-state index contributed by atoms with van der Waals surface area (Å²) in [7, 11) is 0. The topological polar surface area (TPSA) is 84.2 Å². The van der Waals surface area contributed by atoms with Crippen molar-refractivity contribution < 1.29 is 4.79 Å². The van der Waals surface area contributed by atoms with Gasteiger partial charge >= 0.3 is 0 Å². The Balaban J connectivity index is 1.44. The molecule has 3 aromatic heterocycles. The number of rotatable bonds is 4. The summed E-state index contributed by atoms with van der Waals surface area (Å²) >= 11 is 8.06. The summed E-state index contributed by atoms with van der Waals surface area (Å²) < 4.78 is 1.78. The van der Waals surface area contributed by atoms with Crippen molar-refractivity contribution in [3.8, 4) is 10.6 Å². The van der Waals surface area contributed by atoms with Crippen molar-refractivity contribution in [1.29, 1.82) is 0 Å². The molecule has 0 radical (unpaired) electrons. The number of thiocarbonyl (C=S) groups is 1. The van der Waals surface area contributed by atoms with Crippen LogP contribution in [0.2, 0.25) is 0 Å². The highest BCUT2D eigenvalue weighted by atomic mass is 32.1. The largest absolute Gasteiger partial charge is 0.332 e. The van der Waals surface area contributed by atoms with Gasteiger partial charge in [0.15, 0.2) is 10.9 Å². The van der Waals surface area contributed by atoms with Gasteiger partial charge in [0.05, 0.1) is 4.88 Å². The lowest BCUT2D eigenvalue weighted by molar-refractivity contribution is 0.0981. The minimum absolute atomic E-state index is 0.217. The second-order valence-electron chi connectivity index (χ2n) is 5.53. The fraction of sp³-hybridized carbons (Fsp3) is 0.118. The Hall–Kier alpha value is -2.69. The predicted molar refractivity (Wildman–Crippen MR) is 111 cm³/mol. The minimum Gasteiger partial charge on any atom is -0.332 e. The summed E-state index contributed by atoms with van der Waals surface area (Å²) in [6.07, 6.45) is 0.780. The van der Waals surface area contributed by atoms with Crippen LogP contribution in [0, 0.1) is 0 Å². The smallest absolute Gasteiger partial charge is 0.267 e. The molecule has 2 N–H and O–H groups in total.